The molecule has 0 unspecified atom stereocenters. The van der Waals surface area contributed by atoms with E-state index < -0.39 is 15.6 Å². The molecule has 0 bridgehead atoms. The molecule has 0 saturated carbocycles. The zero-order valence-electron chi connectivity index (χ0n) is 12.9. The van der Waals surface area contributed by atoms with Gasteiger partial charge in [-0.25, -0.2) is 17.5 Å². The van der Waals surface area contributed by atoms with Gasteiger partial charge in [-0.15, -0.1) is 12.4 Å². The minimum atomic E-state index is -3.71. The van der Waals surface area contributed by atoms with E-state index in [4.69, 9.17) is 5.73 Å². The molecule has 0 aromatic heterocycles. The Morgan fingerprint density at radius 2 is 1.62 bits per heavy atom. The molecule has 0 aliphatic rings. The molecule has 122 valence electrons. The van der Waals surface area contributed by atoms with E-state index >= 15 is 0 Å². The first-order valence-electron chi connectivity index (χ1n) is 6.72. The van der Waals surface area contributed by atoms with Gasteiger partial charge in [0.2, 0.25) is 10.0 Å². The van der Waals surface area contributed by atoms with Gasteiger partial charge in [-0.2, -0.15) is 0 Å². The molecule has 3 N–H and O–H groups in total. The second-order valence-corrected chi connectivity index (χ2v) is 6.85. The van der Waals surface area contributed by atoms with Crippen LogP contribution in [-0.2, 0) is 10.0 Å². The van der Waals surface area contributed by atoms with Crippen molar-refractivity contribution in [2.45, 2.75) is 51.0 Å². The molecule has 0 amide bonds. The van der Waals surface area contributed by atoms with Crippen LogP contribution in [0.25, 0.3) is 0 Å². The maximum atomic E-state index is 13.6. The molecule has 0 atom stereocenters. The van der Waals surface area contributed by atoms with Crippen molar-refractivity contribution in [3.63, 3.8) is 0 Å². The minimum absolute atomic E-state index is 0. The highest BCUT2D eigenvalue weighted by Gasteiger charge is 2.31. The summed E-state index contributed by atoms with van der Waals surface area (Å²) in [6.07, 6.45) is 1.19. The molecule has 0 aliphatic heterocycles. The molecule has 0 fully saturated rings. The van der Waals surface area contributed by atoms with E-state index in [1.54, 1.807) is 13.8 Å². The van der Waals surface area contributed by atoms with Crippen LogP contribution in [-0.4, -0.2) is 20.5 Å². The molecule has 0 saturated heterocycles. The number of nitrogens with one attached hydrogen (secondary N) is 1. The van der Waals surface area contributed by atoms with Gasteiger partial charge in [0, 0.05) is 12.1 Å². The van der Waals surface area contributed by atoms with Gasteiger partial charge < -0.3 is 5.73 Å². The smallest absolute Gasteiger partial charge is 0.241 e. The van der Waals surface area contributed by atoms with E-state index in [2.05, 4.69) is 4.72 Å². The summed E-state index contributed by atoms with van der Waals surface area (Å²) in [6.45, 7) is 7.10. The number of sulfonamides is 1. The summed E-state index contributed by atoms with van der Waals surface area (Å²) in [5, 5.41) is 0. The Hall–Kier alpha value is -0.690. The van der Waals surface area contributed by atoms with Crippen molar-refractivity contribution in [3.05, 3.63) is 29.1 Å². The van der Waals surface area contributed by atoms with Crippen molar-refractivity contribution < 1.29 is 12.8 Å². The summed E-state index contributed by atoms with van der Waals surface area (Å²) in [5.41, 5.74) is 5.69. The minimum Gasteiger partial charge on any atom is -0.329 e. The quantitative estimate of drug-likeness (QED) is 0.837. The SMILES string of the molecule is CCC(CC)(CN)NS(=O)(=O)c1cc(C)c(F)c(C)c1.Cl. The second kappa shape index (κ2) is 7.54. The van der Waals surface area contributed by atoms with Crippen LogP contribution in [0.3, 0.4) is 0 Å². The molecule has 0 spiro atoms. The molecule has 1 rings (SSSR count). The third kappa shape index (κ3) is 4.39. The summed E-state index contributed by atoms with van der Waals surface area (Å²) in [5.74, 6) is -0.375. The van der Waals surface area contributed by atoms with Crippen molar-refractivity contribution in [1.29, 1.82) is 0 Å². The molecule has 1 aromatic carbocycles. The topological polar surface area (TPSA) is 72.2 Å². The van der Waals surface area contributed by atoms with Crippen molar-refractivity contribution in [1.82, 2.24) is 4.72 Å². The first-order valence-corrected chi connectivity index (χ1v) is 8.20. The molecule has 1 aromatic rings. The monoisotopic (exact) mass is 338 g/mol. The van der Waals surface area contributed by atoms with Crippen LogP contribution in [0.4, 0.5) is 4.39 Å². The lowest BCUT2D eigenvalue weighted by Gasteiger charge is -2.31. The first kappa shape index (κ1) is 20.3. The summed E-state index contributed by atoms with van der Waals surface area (Å²) in [6, 6.07) is 2.69. The summed E-state index contributed by atoms with van der Waals surface area (Å²) in [7, 11) is -3.71. The van der Waals surface area contributed by atoms with Gasteiger partial charge >= 0.3 is 0 Å². The summed E-state index contributed by atoms with van der Waals surface area (Å²) in [4.78, 5) is 0.0774. The molecule has 0 radical (unpaired) electrons. The Bertz CT molecular complexity index is 555. The fourth-order valence-electron chi connectivity index (χ4n) is 2.13. The van der Waals surface area contributed by atoms with E-state index in [1.165, 1.54) is 12.1 Å². The lowest BCUT2D eigenvalue weighted by molar-refractivity contribution is 0.363. The van der Waals surface area contributed by atoms with Crippen LogP contribution in [0.15, 0.2) is 17.0 Å². The average molecular weight is 339 g/mol. The van der Waals surface area contributed by atoms with Crippen molar-refractivity contribution in [2.24, 2.45) is 5.73 Å². The van der Waals surface area contributed by atoms with Gasteiger partial charge in [0.05, 0.1) is 4.90 Å². The number of hydrogen-bond donors (Lipinski definition) is 2. The predicted octanol–water partition coefficient (Wildman–Crippen LogP) is 2.66. The lowest BCUT2D eigenvalue weighted by atomic mass is 9.95. The molecule has 4 nitrogen and oxygen atoms in total. The predicted molar refractivity (Wildman–Crippen MR) is 85.8 cm³/mol. The van der Waals surface area contributed by atoms with E-state index in [1.807, 2.05) is 13.8 Å². The van der Waals surface area contributed by atoms with Crippen molar-refractivity contribution in [2.75, 3.05) is 6.54 Å². The molecule has 0 heterocycles. The fourth-order valence-corrected chi connectivity index (χ4v) is 3.85. The van der Waals surface area contributed by atoms with Crippen LogP contribution in [0.2, 0.25) is 0 Å². The zero-order valence-corrected chi connectivity index (χ0v) is 14.5. The number of benzene rings is 1. The summed E-state index contributed by atoms with van der Waals surface area (Å²) >= 11 is 0. The highest BCUT2D eigenvalue weighted by atomic mass is 35.5. The maximum Gasteiger partial charge on any atom is 0.241 e. The third-order valence-corrected chi connectivity index (χ3v) is 5.37. The Morgan fingerprint density at radius 1 is 1.19 bits per heavy atom. The van der Waals surface area contributed by atoms with Crippen LogP contribution < -0.4 is 10.5 Å². The average Bonchev–Trinajstić information content (AvgIpc) is 2.41. The largest absolute Gasteiger partial charge is 0.329 e. The lowest BCUT2D eigenvalue weighted by Crippen LogP contribution is -2.52. The third-order valence-electron chi connectivity index (χ3n) is 3.82. The molecule has 7 heteroatoms. The molecule has 0 aliphatic carbocycles. The standard InChI is InChI=1S/C14H23FN2O2S.ClH/c1-5-14(6-2,9-16)17-20(18,19)12-7-10(3)13(15)11(4)8-12;/h7-8,17H,5-6,9,16H2,1-4H3;1H. The van der Waals surface area contributed by atoms with Gasteiger partial charge in [0.1, 0.15) is 5.82 Å². The number of halogens is 2. The van der Waals surface area contributed by atoms with Crippen LogP contribution >= 0.6 is 12.4 Å². The number of aryl methyl sites for hydroxylation is 2. The van der Waals surface area contributed by atoms with E-state index in [0.717, 1.165) is 0 Å². The Morgan fingerprint density at radius 3 is 1.95 bits per heavy atom. The van der Waals surface area contributed by atoms with E-state index in [-0.39, 0.29) is 29.7 Å². The fraction of sp³-hybridized carbons (Fsp3) is 0.571. The number of hydrogen-bond acceptors (Lipinski definition) is 3. The zero-order chi connectivity index (χ0) is 15.6. The Labute approximate surface area is 132 Å². The number of nitrogens with two attached hydrogens (primary N) is 1. The van der Waals surface area contributed by atoms with E-state index in [0.29, 0.717) is 24.0 Å². The van der Waals surface area contributed by atoms with Crippen LogP contribution in [0.1, 0.15) is 37.8 Å². The van der Waals surface area contributed by atoms with Crippen molar-refractivity contribution in [3.8, 4) is 0 Å². The van der Waals surface area contributed by atoms with Gasteiger partial charge in [0.25, 0.3) is 0 Å². The molecular weight excluding hydrogens is 315 g/mol. The van der Waals surface area contributed by atoms with Gasteiger partial charge in [0.15, 0.2) is 0 Å². The van der Waals surface area contributed by atoms with Gasteiger partial charge in [-0.05, 0) is 49.9 Å². The molecule has 21 heavy (non-hydrogen) atoms. The van der Waals surface area contributed by atoms with Crippen LogP contribution in [0.5, 0.6) is 0 Å². The molecular formula is C14H24ClFN2O2S. The van der Waals surface area contributed by atoms with Gasteiger partial charge in [-0.1, -0.05) is 13.8 Å². The van der Waals surface area contributed by atoms with Crippen LogP contribution in [0, 0.1) is 19.7 Å². The highest BCUT2D eigenvalue weighted by Crippen LogP contribution is 2.22. The normalized spacial score (nSPS) is 12.1. The number of rotatable bonds is 6. The summed E-state index contributed by atoms with van der Waals surface area (Å²) < 4.78 is 41.2. The van der Waals surface area contributed by atoms with Crippen molar-refractivity contribution >= 4 is 22.4 Å². The Kier molecular flexibility index (Phi) is 7.29. The Balaban J connectivity index is 0.00000400. The first-order chi connectivity index (χ1) is 9.21. The highest BCUT2D eigenvalue weighted by molar-refractivity contribution is 7.89. The second-order valence-electron chi connectivity index (χ2n) is 5.17. The van der Waals surface area contributed by atoms with Gasteiger partial charge in [-0.3, -0.25) is 0 Å². The van der Waals surface area contributed by atoms with E-state index in [9.17, 15) is 12.8 Å². The maximum absolute atomic E-state index is 13.6.